The van der Waals surface area contributed by atoms with E-state index in [-0.39, 0.29) is 5.82 Å². The first-order valence-electron chi connectivity index (χ1n) is 13.3. The van der Waals surface area contributed by atoms with Gasteiger partial charge in [0.1, 0.15) is 17.2 Å². The van der Waals surface area contributed by atoms with Crippen molar-refractivity contribution in [1.82, 2.24) is 9.66 Å². The van der Waals surface area contributed by atoms with Gasteiger partial charge in [-0.15, -0.1) is 0 Å². The lowest BCUT2D eigenvalue weighted by molar-refractivity contribution is -0.123. The number of fused-ring (bicyclic) bond motifs is 1. The van der Waals surface area contributed by atoms with Crippen molar-refractivity contribution in [3.63, 3.8) is 0 Å². The van der Waals surface area contributed by atoms with Crippen molar-refractivity contribution in [1.29, 1.82) is 0 Å². The molecule has 0 saturated heterocycles. The molecule has 0 aliphatic carbocycles. The van der Waals surface area contributed by atoms with Crippen molar-refractivity contribution in [2.45, 2.75) is 37.9 Å². The maximum Gasteiger partial charge on any atom is 0.280 e. The van der Waals surface area contributed by atoms with Crippen LogP contribution in [-0.4, -0.2) is 26.8 Å². The summed E-state index contributed by atoms with van der Waals surface area (Å²) in [6.45, 7) is 3.64. The van der Waals surface area contributed by atoms with Crippen LogP contribution in [0.3, 0.4) is 0 Å². The van der Waals surface area contributed by atoms with E-state index in [0.29, 0.717) is 34.2 Å². The molecule has 2 N–H and O–H groups in total. The highest BCUT2D eigenvalue weighted by Crippen LogP contribution is 2.41. The van der Waals surface area contributed by atoms with Crippen molar-refractivity contribution in [2.24, 2.45) is 0 Å². The lowest BCUT2D eigenvalue weighted by Gasteiger charge is -2.36. The second kappa shape index (κ2) is 11.6. The van der Waals surface area contributed by atoms with E-state index in [9.17, 15) is 14.7 Å². The monoisotopic (exact) mass is 533 g/mol. The molecule has 4 aromatic carbocycles. The van der Waals surface area contributed by atoms with Gasteiger partial charge in [0.05, 0.1) is 16.8 Å². The Morgan fingerprint density at radius 3 is 1.98 bits per heavy atom. The fourth-order valence-corrected chi connectivity index (χ4v) is 4.95. The summed E-state index contributed by atoms with van der Waals surface area (Å²) in [5.41, 5.74) is 2.48. The predicted molar refractivity (Wildman–Crippen MR) is 156 cm³/mol. The van der Waals surface area contributed by atoms with Gasteiger partial charge in [-0.1, -0.05) is 105 Å². The van der Waals surface area contributed by atoms with Gasteiger partial charge < -0.3 is 9.84 Å². The molecule has 0 aliphatic rings. The van der Waals surface area contributed by atoms with Crippen molar-refractivity contribution in [3.8, 4) is 5.75 Å². The second-order valence-corrected chi connectivity index (χ2v) is 9.65. The molecule has 1 amide bonds. The predicted octanol–water partition coefficient (Wildman–Crippen LogP) is 5.36. The molecule has 5 aromatic rings. The van der Waals surface area contributed by atoms with Crippen molar-refractivity contribution in [3.05, 3.63) is 143 Å². The maximum absolute atomic E-state index is 13.8. The Hall–Kier alpha value is -4.75. The van der Waals surface area contributed by atoms with Gasteiger partial charge in [-0.05, 0) is 41.8 Å². The highest BCUT2D eigenvalue weighted by Gasteiger charge is 2.41. The zero-order valence-corrected chi connectivity index (χ0v) is 22.4. The van der Waals surface area contributed by atoms with Crippen LogP contribution in [0.15, 0.2) is 120 Å². The standard InChI is InChI=1S/C33H31N3O4/c1-3-29(40-26-19-11-6-12-20-26)31(37)35-36-30(34-28-22-14-13-21-27(28)32(36)38)23(2)33(39,24-15-7-4-8-16-24)25-17-9-5-10-18-25/h4-23,29,39H,3H2,1-2H3,(H,35,37). The highest BCUT2D eigenvalue weighted by atomic mass is 16.5. The minimum Gasteiger partial charge on any atom is -0.481 e. The van der Waals surface area contributed by atoms with Gasteiger partial charge in [0.25, 0.3) is 11.5 Å². The first kappa shape index (κ1) is 26.8. The van der Waals surface area contributed by atoms with Crippen LogP contribution >= 0.6 is 0 Å². The van der Waals surface area contributed by atoms with Crippen LogP contribution < -0.4 is 15.7 Å². The number of aromatic nitrogens is 2. The Bertz CT molecular complexity index is 1610. The molecule has 0 spiro atoms. The first-order valence-corrected chi connectivity index (χ1v) is 13.3. The third-order valence-corrected chi connectivity index (χ3v) is 7.15. The molecule has 7 nitrogen and oxygen atoms in total. The van der Waals surface area contributed by atoms with Crippen LogP contribution in [-0.2, 0) is 10.4 Å². The molecule has 0 aliphatic heterocycles. The lowest BCUT2D eigenvalue weighted by atomic mass is 9.76. The zero-order chi connectivity index (χ0) is 28.1. The van der Waals surface area contributed by atoms with Crippen LogP contribution in [0.2, 0.25) is 0 Å². The molecular weight excluding hydrogens is 502 g/mol. The number of hydrogen-bond acceptors (Lipinski definition) is 5. The summed E-state index contributed by atoms with van der Waals surface area (Å²) in [6.07, 6.45) is -0.481. The average Bonchev–Trinajstić information content (AvgIpc) is 3.01. The van der Waals surface area contributed by atoms with Gasteiger partial charge in [0.2, 0.25) is 0 Å². The Labute approximate surface area is 232 Å². The van der Waals surface area contributed by atoms with Gasteiger partial charge in [0, 0.05) is 0 Å². The lowest BCUT2D eigenvalue weighted by Crippen LogP contribution is -2.45. The largest absolute Gasteiger partial charge is 0.481 e. The minimum absolute atomic E-state index is 0.210. The zero-order valence-electron chi connectivity index (χ0n) is 22.4. The van der Waals surface area contributed by atoms with E-state index in [0.717, 1.165) is 4.68 Å². The van der Waals surface area contributed by atoms with Gasteiger partial charge in [-0.2, -0.15) is 0 Å². The third-order valence-electron chi connectivity index (χ3n) is 7.15. The van der Waals surface area contributed by atoms with E-state index < -0.39 is 29.1 Å². The fourth-order valence-electron chi connectivity index (χ4n) is 4.95. The molecular formula is C33H31N3O4. The Kier molecular flexibility index (Phi) is 7.75. The Morgan fingerprint density at radius 1 is 0.875 bits per heavy atom. The van der Waals surface area contributed by atoms with Crippen molar-refractivity contribution >= 4 is 16.8 Å². The number of amides is 1. The second-order valence-electron chi connectivity index (χ2n) is 9.65. The molecule has 1 heterocycles. The number of benzene rings is 4. The smallest absolute Gasteiger partial charge is 0.280 e. The van der Waals surface area contributed by atoms with Crippen molar-refractivity contribution < 1.29 is 14.6 Å². The summed E-state index contributed by atoms with van der Waals surface area (Å²) >= 11 is 0. The van der Waals surface area contributed by atoms with Crippen LogP contribution in [0.5, 0.6) is 5.75 Å². The molecule has 2 unspecified atom stereocenters. The molecule has 0 fully saturated rings. The number of aliphatic hydroxyl groups is 1. The first-order chi connectivity index (χ1) is 19.4. The van der Waals surface area contributed by atoms with Crippen LogP contribution in [0.25, 0.3) is 10.9 Å². The van der Waals surface area contributed by atoms with Crippen molar-refractivity contribution in [2.75, 3.05) is 5.43 Å². The highest BCUT2D eigenvalue weighted by molar-refractivity contribution is 5.88. The van der Waals surface area contributed by atoms with E-state index in [1.807, 2.05) is 85.8 Å². The van der Waals surface area contributed by atoms with E-state index in [1.54, 1.807) is 43.3 Å². The molecule has 7 heteroatoms. The topological polar surface area (TPSA) is 93.4 Å². The van der Waals surface area contributed by atoms with E-state index in [1.165, 1.54) is 0 Å². The molecule has 5 rings (SSSR count). The average molecular weight is 534 g/mol. The molecule has 0 radical (unpaired) electrons. The minimum atomic E-state index is -1.57. The van der Waals surface area contributed by atoms with E-state index in [4.69, 9.17) is 9.72 Å². The number of ether oxygens (including phenoxy) is 1. The SMILES string of the molecule is CCC(Oc1ccccc1)C(=O)Nn1c(C(C)C(O)(c2ccccc2)c2ccccc2)nc2ccccc2c1=O. The Morgan fingerprint density at radius 2 is 1.40 bits per heavy atom. The van der Waals surface area contributed by atoms with Gasteiger partial charge in [-0.25, -0.2) is 9.66 Å². The summed E-state index contributed by atoms with van der Waals surface area (Å²) in [6, 6.07) is 34.5. The number of hydrogen-bond donors (Lipinski definition) is 2. The number of rotatable bonds is 9. The van der Waals surface area contributed by atoms with E-state index >= 15 is 0 Å². The third kappa shape index (κ3) is 5.11. The summed E-state index contributed by atoms with van der Waals surface area (Å²) < 4.78 is 7.09. The molecule has 202 valence electrons. The summed E-state index contributed by atoms with van der Waals surface area (Å²) in [5.74, 6) is -0.501. The van der Waals surface area contributed by atoms with Crippen LogP contribution in [0.4, 0.5) is 0 Å². The quantitative estimate of drug-likeness (QED) is 0.266. The number of nitrogens with one attached hydrogen (secondary N) is 1. The number of carbonyl (C=O) groups is 1. The molecule has 0 saturated carbocycles. The van der Waals surface area contributed by atoms with E-state index in [2.05, 4.69) is 5.43 Å². The molecule has 40 heavy (non-hydrogen) atoms. The van der Waals surface area contributed by atoms with Gasteiger partial charge >= 0.3 is 0 Å². The Balaban J connectivity index is 1.64. The summed E-state index contributed by atoms with van der Waals surface area (Å²) in [7, 11) is 0. The number of nitrogens with zero attached hydrogens (tertiary/aromatic N) is 2. The number of carbonyl (C=O) groups excluding carboxylic acids is 1. The molecule has 0 bridgehead atoms. The van der Waals surface area contributed by atoms with Crippen LogP contribution in [0.1, 0.15) is 43.1 Å². The van der Waals surface area contributed by atoms with Crippen LogP contribution in [0, 0.1) is 0 Å². The fraction of sp³-hybridized carbons (Fsp3) is 0.182. The maximum atomic E-state index is 13.8. The van der Waals surface area contributed by atoms with Gasteiger partial charge in [0.15, 0.2) is 6.10 Å². The molecule has 2 atom stereocenters. The summed E-state index contributed by atoms with van der Waals surface area (Å²) in [5, 5.41) is 12.8. The van der Waals surface area contributed by atoms with Gasteiger partial charge in [-0.3, -0.25) is 15.0 Å². The summed E-state index contributed by atoms with van der Waals surface area (Å²) in [4.78, 5) is 32.2. The normalized spacial score (nSPS) is 13.0. The molecule has 1 aromatic heterocycles. The number of para-hydroxylation sites is 2.